The summed E-state index contributed by atoms with van der Waals surface area (Å²) in [5, 5.41) is 17.1. The van der Waals surface area contributed by atoms with Crippen molar-refractivity contribution in [2.24, 2.45) is 0 Å². The molecule has 4 nitrogen and oxygen atoms in total. The van der Waals surface area contributed by atoms with Crippen LogP contribution in [0.15, 0.2) is 18.5 Å². The summed E-state index contributed by atoms with van der Waals surface area (Å²) < 4.78 is 1.75. The highest BCUT2D eigenvalue weighted by Gasteiger charge is 2.36. The number of aliphatic hydroxyl groups excluding tert-OH is 1. The maximum Gasteiger partial charge on any atom is 0.0860 e. The summed E-state index contributed by atoms with van der Waals surface area (Å²) in [6, 6.07) is 1.86. The Morgan fingerprint density at radius 1 is 1.64 bits per heavy atom. The van der Waals surface area contributed by atoms with Crippen LogP contribution < -0.4 is 5.32 Å². The summed E-state index contributed by atoms with van der Waals surface area (Å²) >= 11 is 0. The molecule has 1 saturated carbocycles. The minimum Gasteiger partial charge on any atom is -0.390 e. The van der Waals surface area contributed by atoms with Gasteiger partial charge in [0.2, 0.25) is 0 Å². The summed E-state index contributed by atoms with van der Waals surface area (Å²) in [6.45, 7) is 3.40. The van der Waals surface area contributed by atoms with Crippen molar-refractivity contribution in [3.63, 3.8) is 0 Å². The Balaban J connectivity index is 1.71. The molecule has 0 radical (unpaired) electrons. The number of aliphatic hydroxyl groups is 1. The molecule has 2 N–H and O–H groups in total. The summed E-state index contributed by atoms with van der Waals surface area (Å²) in [6.07, 6.45) is 5.68. The lowest BCUT2D eigenvalue weighted by atomic mass is 10.3. The fourth-order valence-corrected chi connectivity index (χ4v) is 1.42. The summed E-state index contributed by atoms with van der Waals surface area (Å²) in [7, 11) is 0. The van der Waals surface area contributed by atoms with E-state index in [2.05, 4.69) is 17.3 Å². The molecule has 0 bridgehead atoms. The Labute approximate surface area is 83.9 Å². The van der Waals surface area contributed by atoms with Crippen molar-refractivity contribution in [3.8, 4) is 0 Å². The van der Waals surface area contributed by atoms with E-state index in [0.717, 1.165) is 0 Å². The standard InChI is InChI=1S/C10H17N3O/c1-10(3-4-10)11-7-9(14)8-13-6-2-5-12-13/h2,5-6,9,11,14H,3-4,7-8H2,1H3. The monoisotopic (exact) mass is 195 g/mol. The lowest BCUT2D eigenvalue weighted by Gasteiger charge is -2.15. The first-order chi connectivity index (χ1) is 6.68. The fourth-order valence-electron chi connectivity index (χ4n) is 1.42. The Morgan fingerprint density at radius 3 is 3.00 bits per heavy atom. The van der Waals surface area contributed by atoms with Crippen molar-refractivity contribution in [2.75, 3.05) is 6.54 Å². The summed E-state index contributed by atoms with van der Waals surface area (Å²) in [4.78, 5) is 0. The van der Waals surface area contributed by atoms with Crippen molar-refractivity contribution in [1.82, 2.24) is 15.1 Å². The first-order valence-corrected chi connectivity index (χ1v) is 5.08. The van der Waals surface area contributed by atoms with Gasteiger partial charge in [-0.25, -0.2) is 0 Å². The molecule has 0 aliphatic heterocycles. The molecular weight excluding hydrogens is 178 g/mol. The van der Waals surface area contributed by atoms with Crippen molar-refractivity contribution >= 4 is 0 Å². The molecule has 1 aromatic heterocycles. The predicted octanol–water partition coefficient (Wildman–Crippen LogP) is 0.386. The van der Waals surface area contributed by atoms with Crippen LogP contribution in [0.4, 0.5) is 0 Å². The molecule has 1 fully saturated rings. The maximum absolute atomic E-state index is 9.69. The van der Waals surface area contributed by atoms with Gasteiger partial charge in [0.25, 0.3) is 0 Å². The highest BCUT2D eigenvalue weighted by atomic mass is 16.3. The summed E-state index contributed by atoms with van der Waals surface area (Å²) in [5.74, 6) is 0. The zero-order valence-corrected chi connectivity index (χ0v) is 8.48. The molecule has 1 aromatic rings. The smallest absolute Gasteiger partial charge is 0.0860 e. The molecule has 1 unspecified atom stereocenters. The zero-order valence-electron chi connectivity index (χ0n) is 8.48. The Bertz CT molecular complexity index is 280. The Kier molecular flexibility index (Phi) is 2.56. The normalized spacial score (nSPS) is 20.7. The minimum atomic E-state index is -0.354. The highest BCUT2D eigenvalue weighted by molar-refractivity contribution is 4.97. The van der Waals surface area contributed by atoms with Crippen LogP contribution in [0.5, 0.6) is 0 Å². The van der Waals surface area contributed by atoms with E-state index in [1.165, 1.54) is 12.8 Å². The van der Waals surface area contributed by atoms with Crippen LogP contribution in [-0.4, -0.2) is 33.1 Å². The molecule has 78 valence electrons. The third-order valence-corrected chi connectivity index (χ3v) is 2.72. The average Bonchev–Trinajstić information content (AvgIpc) is 2.67. The number of β-amino-alcohol motifs (C(OH)–C–C–N with tert-alkyl or cyclic N) is 1. The van der Waals surface area contributed by atoms with Crippen molar-refractivity contribution in [3.05, 3.63) is 18.5 Å². The molecular formula is C10H17N3O. The average molecular weight is 195 g/mol. The van der Waals surface area contributed by atoms with Crippen molar-refractivity contribution in [2.45, 2.75) is 38.0 Å². The molecule has 14 heavy (non-hydrogen) atoms. The van der Waals surface area contributed by atoms with Crippen molar-refractivity contribution < 1.29 is 5.11 Å². The molecule has 0 aromatic carbocycles. The van der Waals surface area contributed by atoms with Gasteiger partial charge in [-0.1, -0.05) is 0 Å². The van der Waals surface area contributed by atoms with Gasteiger partial charge >= 0.3 is 0 Å². The SMILES string of the molecule is CC1(NCC(O)Cn2cccn2)CC1. The molecule has 0 spiro atoms. The molecule has 1 aliphatic rings. The van der Waals surface area contributed by atoms with Crippen molar-refractivity contribution in [1.29, 1.82) is 0 Å². The number of hydrogen-bond donors (Lipinski definition) is 2. The van der Waals surface area contributed by atoms with Gasteiger partial charge in [0, 0.05) is 24.5 Å². The van der Waals surface area contributed by atoms with Gasteiger partial charge in [0.1, 0.15) is 0 Å². The second-order valence-electron chi connectivity index (χ2n) is 4.32. The molecule has 1 aliphatic carbocycles. The van der Waals surface area contributed by atoms with Gasteiger partial charge in [-0.15, -0.1) is 0 Å². The molecule has 1 atom stereocenters. The van der Waals surface area contributed by atoms with Crippen LogP contribution in [0.25, 0.3) is 0 Å². The van der Waals surface area contributed by atoms with Gasteiger partial charge in [0.05, 0.1) is 12.6 Å². The molecule has 2 rings (SSSR count). The first kappa shape index (κ1) is 9.68. The zero-order chi connectivity index (χ0) is 10.0. The molecule has 1 heterocycles. The lowest BCUT2D eigenvalue weighted by Crippen LogP contribution is -2.37. The van der Waals surface area contributed by atoms with E-state index in [1.54, 1.807) is 10.9 Å². The third-order valence-electron chi connectivity index (χ3n) is 2.72. The topological polar surface area (TPSA) is 50.1 Å². The van der Waals surface area contributed by atoms with Crippen LogP contribution in [-0.2, 0) is 6.54 Å². The fraction of sp³-hybridized carbons (Fsp3) is 0.700. The van der Waals surface area contributed by atoms with E-state index in [-0.39, 0.29) is 6.10 Å². The van der Waals surface area contributed by atoms with Crippen LogP contribution in [0.1, 0.15) is 19.8 Å². The Morgan fingerprint density at radius 2 is 2.43 bits per heavy atom. The first-order valence-electron chi connectivity index (χ1n) is 5.08. The van der Waals surface area contributed by atoms with Crippen LogP contribution in [0.3, 0.4) is 0 Å². The number of nitrogens with one attached hydrogen (secondary N) is 1. The number of aromatic nitrogens is 2. The number of hydrogen-bond acceptors (Lipinski definition) is 3. The van der Waals surface area contributed by atoms with Gasteiger partial charge in [0.15, 0.2) is 0 Å². The second-order valence-corrected chi connectivity index (χ2v) is 4.32. The van der Waals surface area contributed by atoms with Crippen LogP contribution in [0, 0.1) is 0 Å². The van der Waals surface area contributed by atoms with E-state index in [4.69, 9.17) is 0 Å². The molecule has 0 saturated heterocycles. The molecule has 4 heteroatoms. The Hall–Kier alpha value is -0.870. The van der Waals surface area contributed by atoms with E-state index in [9.17, 15) is 5.11 Å². The second kappa shape index (κ2) is 3.71. The number of rotatable bonds is 5. The van der Waals surface area contributed by atoms with Gasteiger partial charge in [-0.05, 0) is 25.8 Å². The third kappa shape index (κ3) is 2.56. The molecule has 0 amide bonds. The van der Waals surface area contributed by atoms with E-state index >= 15 is 0 Å². The predicted molar refractivity (Wildman–Crippen MR) is 53.9 cm³/mol. The maximum atomic E-state index is 9.69. The van der Waals surface area contributed by atoms with Gasteiger partial charge in [-0.2, -0.15) is 5.10 Å². The summed E-state index contributed by atoms with van der Waals surface area (Å²) in [5.41, 5.74) is 0.297. The van der Waals surface area contributed by atoms with Crippen LogP contribution in [0.2, 0.25) is 0 Å². The van der Waals surface area contributed by atoms with Crippen LogP contribution >= 0.6 is 0 Å². The van der Waals surface area contributed by atoms with Gasteiger partial charge < -0.3 is 10.4 Å². The van der Waals surface area contributed by atoms with E-state index in [0.29, 0.717) is 18.6 Å². The van der Waals surface area contributed by atoms with E-state index < -0.39 is 0 Å². The quantitative estimate of drug-likeness (QED) is 0.714. The lowest BCUT2D eigenvalue weighted by molar-refractivity contribution is 0.142. The largest absolute Gasteiger partial charge is 0.390 e. The number of nitrogens with zero attached hydrogens (tertiary/aromatic N) is 2. The van der Waals surface area contributed by atoms with E-state index in [1.807, 2.05) is 12.3 Å². The van der Waals surface area contributed by atoms with Gasteiger partial charge in [-0.3, -0.25) is 4.68 Å². The minimum absolute atomic E-state index is 0.297. The highest BCUT2D eigenvalue weighted by Crippen LogP contribution is 2.33.